The predicted octanol–water partition coefficient (Wildman–Crippen LogP) is 3.30. The van der Waals surface area contributed by atoms with Crippen LogP contribution in [0.3, 0.4) is 0 Å². The Balaban J connectivity index is 1.73. The zero-order chi connectivity index (χ0) is 13.9. The van der Waals surface area contributed by atoms with Gasteiger partial charge in [0.2, 0.25) is 0 Å². The van der Waals surface area contributed by atoms with Crippen molar-refractivity contribution >= 4 is 0 Å². The highest BCUT2D eigenvalue weighted by Gasteiger charge is 2.31. The van der Waals surface area contributed by atoms with E-state index in [1.54, 1.807) is 0 Å². The lowest BCUT2D eigenvalue weighted by Gasteiger charge is -2.21. The molecule has 3 heteroatoms. The monoisotopic (exact) mass is 265 g/mol. The summed E-state index contributed by atoms with van der Waals surface area (Å²) in [5, 5.41) is 3.51. The van der Waals surface area contributed by atoms with E-state index < -0.39 is 0 Å². The smallest absolute Gasteiger partial charge is 0.123 e. The lowest BCUT2D eigenvalue weighted by Crippen LogP contribution is -2.36. The quantitative estimate of drug-likeness (QED) is 0.882. The molecule has 1 heterocycles. The van der Waals surface area contributed by atoms with Gasteiger partial charge in [-0.2, -0.15) is 0 Å². The van der Waals surface area contributed by atoms with Crippen LogP contribution in [0.1, 0.15) is 39.2 Å². The third-order valence-electron chi connectivity index (χ3n) is 3.70. The summed E-state index contributed by atoms with van der Waals surface area (Å²) in [4.78, 5) is 0. The van der Waals surface area contributed by atoms with E-state index in [9.17, 15) is 4.39 Å². The molecule has 2 unspecified atom stereocenters. The van der Waals surface area contributed by atoms with Gasteiger partial charge in [0.1, 0.15) is 5.82 Å². The van der Waals surface area contributed by atoms with E-state index >= 15 is 0 Å². The molecule has 1 fully saturated rings. The lowest BCUT2D eigenvalue weighted by molar-refractivity contribution is -0.0149. The van der Waals surface area contributed by atoms with E-state index in [1.807, 2.05) is 12.1 Å². The molecule has 2 rings (SSSR count). The number of benzene rings is 1. The van der Waals surface area contributed by atoms with Gasteiger partial charge in [0, 0.05) is 12.6 Å². The fraction of sp³-hybridized carbons (Fsp3) is 0.625. The predicted molar refractivity (Wildman–Crippen MR) is 75.8 cm³/mol. The normalized spacial score (nSPS) is 23.5. The van der Waals surface area contributed by atoms with Crippen LogP contribution in [0, 0.1) is 5.82 Å². The van der Waals surface area contributed by atoms with Gasteiger partial charge in [-0.1, -0.05) is 12.1 Å². The van der Waals surface area contributed by atoms with Gasteiger partial charge in [0.25, 0.3) is 0 Å². The van der Waals surface area contributed by atoms with Crippen molar-refractivity contribution in [2.75, 3.05) is 6.54 Å². The van der Waals surface area contributed by atoms with Crippen molar-refractivity contribution in [1.29, 1.82) is 0 Å². The highest BCUT2D eigenvalue weighted by Crippen LogP contribution is 2.28. The Morgan fingerprint density at radius 3 is 2.63 bits per heavy atom. The van der Waals surface area contributed by atoms with Gasteiger partial charge < -0.3 is 10.1 Å². The van der Waals surface area contributed by atoms with Crippen molar-refractivity contribution in [2.45, 2.75) is 57.8 Å². The zero-order valence-electron chi connectivity index (χ0n) is 12.1. The van der Waals surface area contributed by atoms with E-state index in [2.05, 4.69) is 26.1 Å². The lowest BCUT2D eigenvalue weighted by atomic mass is 10.0. The molecule has 1 aliphatic heterocycles. The molecule has 1 aliphatic rings. The van der Waals surface area contributed by atoms with Gasteiger partial charge in [-0.25, -0.2) is 4.39 Å². The van der Waals surface area contributed by atoms with Crippen molar-refractivity contribution in [2.24, 2.45) is 0 Å². The van der Waals surface area contributed by atoms with Crippen LogP contribution < -0.4 is 5.32 Å². The average Bonchev–Trinajstić information content (AvgIpc) is 2.69. The molecule has 106 valence electrons. The highest BCUT2D eigenvalue weighted by atomic mass is 19.1. The topological polar surface area (TPSA) is 21.3 Å². The molecule has 0 spiro atoms. The Labute approximate surface area is 115 Å². The molecule has 1 saturated heterocycles. The standard InChI is InChI=1S/C16H24FNO/c1-12(10-13-4-6-14(17)7-5-13)18-11-15-8-9-16(2,3)19-15/h4-7,12,15,18H,8-11H2,1-3H3. The molecule has 1 aromatic carbocycles. The van der Waals surface area contributed by atoms with Crippen LogP contribution in [-0.4, -0.2) is 24.3 Å². The maximum Gasteiger partial charge on any atom is 0.123 e. The van der Waals surface area contributed by atoms with E-state index in [-0.39, 0.29) is 11.4 Å². The number of nitrogens with one attached hydrogen (secondary N) is 1. The van der Waals surface area contributed by atoms with Gasteiger partial charge >= 0.3 is 0 Å². The first-order valence-corrected chi connectivity index (χ1v) is 7.10. The molecule has 0 bridgehead atoms. The van der Waals surface area contributed by atoms with E-state index in [0.29, 0.717) is 12.1 Å². The summed E-state index contributed by atoms with van der Waals surface area (Å²) in [5.74, 6) is -0.175. The van der Waals surface area contributed by atoms with Crippen LogP contribution in [0.2, 0.25) is 0 Å². The first kappa shape index (κ1) is 14.5. The SMILES string of the molecule is CC(Cc1ccc(F)cc1)NCC1CCC(C)(C)O1. The van der Waals surface area contributed by atoms with Crippen molar-refractivity contribution in [3.05, 3.63) is 35.6 Å². The van der Waals surface area contributed by atoms with E-state index in [4.69, 9.17) is 4.74 Å². The number of rotatable bonds is 5. The van der Waals surface area contributed by atoms with Crippen LogP contribution in [0.4, 0.5) is 4.39 Å². The molecule has 0 radical (unpaired) electrons. The molecule has 0 amide bonds. The molecule has 2 atom stereocenters. The Hall–Kier alpha value is -0.930. The number of hydrogen-bond acceptors (Lipinski definition) is 2. The van der Waals surface area contributed by atoms with Crippen molar-refractivity contribution < 1.29 is 9.13 Å². The second-order valence-electron chi connectivity index (χ2n) is 6.18. The second kappa shape index (κ2) is 6.02. The summed E-state index contributed by atoms with van der Waals surface area (Å²) in [6, 6.07) is 7.11. The highest BCUT2D eigenvalue weighted by molar-refractivity contribution is 5.17. The van der Waals surface area contributed by atoms with E-state index in [0.717, 1.165) is 31.4 Å². The van der Waals surface area contributed by atoms with Gasteiger partial charge in [0.15, 0.2) is 0 Å². The number of hydrogen-bond donors (Lipinski definition) is 1. The van der Waals surface area contributed by atoms with Crippen LogP contribution in [0.15, 0.2) is 24.3 Å². The Bertz CT molecular complexity index is 402. The molecule has 0 aromatic heterocycles. The minimum atomic E-state index is -0.175. The summed E-state index contributed by atoms with van der Waals surface area (Å²) < 4.78 is 18.8. The molecular weight excluding hydrogens is 241 g/mol. The first-order valence-electron chi connectivity index (χ1n) is 7.10. The summed E-state index contributed by atoms with van der Waals surface area (Å²) >= 11 is 0. The van der Waals surface area contributed by atoms with Gasteiger partial charge in [-0.3, -0.25) is 0 Å². The van der Waals surface area contributed by atoms with Crippen molar-refractivity contribution in [3.63, 3.8) is 0 Å². The maximum absolute atomic E-state index is 12.8. The minimum Gasteiger partial charge on any atom is -0.371 e. The zero-order valence-corrected chi connectivity index (χ0v) is 12.1. The molecule has 0 saturated carbocycles. The van der Waals surface area contributed by atoms with Gasteiger partial charge in [-0.05, 0) is 57.7 Å². The Morgan fingerprint density at radius 1 is 1.37 bits per heavy atom. The molecule has 1 aromatic rings. The van der Waals surface area contributed by atoms with E-state index in [1.165, 1.54) is 12.1 Å². The minimum absolute atomic E-state index is 0.0343. The number of halogens is 1. The average molecular weight is 265 g/mol. The summed E-state index contributed by atoms with van der Waals surface area (Å²) in [6.45, 7) is 7.35. The molecule has 19 heavy (non-hydrogen) atoms. The second-order valence-corrected chi connectivity index (χ2v) is 6.18. The molecule has 0 aliphatic carbocycles. The van der Waals surface area contributed by atoms with Gasteiger partial charge in [0.05, 0.1) is 11.7 Å². The fourth-order valence-electron chi connectivity index (χ4n) is 2.60. The summed E-state index contributed by atoms with van der Waals surface area (Å²) in [7, 11) is 0. The van der Waals surface area contributed by atoms with Crippen LogP contribution in [-0.2, 0) is 11.2 Å². The number of ether oxygens (including phenoxy) is 1. The largest absolute Gasteiger partial charge is 0.371 e. The van der Waals surface area contributed by atoms with Crippen LogP contribution in [0.25, 0.3) is 0 Å². The maximum atomic E-state index is 12.8. The fourth-order valence-corrected chi connectivity index (χ4v) is 2.60. The van der Waals surface area contributed by atoms with Crippen LogP contribution in [0.5, 0.6) is 0 Å². The first-order chi connectivity index (χ1) is 8.94. The summed E-state index contributed by atoms with van der Waals surface area (Å²) in [5.41, 5.74) is 1.20. The summed E-state index contributed by atoms with van der Waals surface area (Å²) in [6.07, 6.45) is 3.50. The third-order valence-corrected chi connectivity index (χ3v) is 3.70. The molecule has 2 nitrogen and oxygen atoms in total. The molecule has 1 N–H and O–H groups in total. The third kappa shape index (κ3) is 4.59. The van der Waals surface area contributed by atoms with Crippen molar-refractivity contribution in [1.82, 2.24) is 5.32 Å². The molecular formula is C16H24FNO. The Morgan fingerprint density at radius 2 is 2.05 bits per heavy atom. The van der Waals surface area contributed by atoms with Crippen molar-refractivity contribution in [3.8, 4) is 0 Å². The Kier molecular flexibility index (Phi) is 4.58. The van der Waals surface area contributed by atoms with Gasteiger partial charge in [-0.15, -0.1) is 0 Å². The van der Waals surface area contributed by atoms with Crippen LogP contribution >= 0.6 is 0 Å².